The number of carboxylic acid groups (broad SMARTS) is 1. The van der Waals surface area contributed by atoms with Gasteiger partial charge in [0.05, 0.1) is 7.11 Å². The van der Waals surface area contributed by atoms with Gasteiger partial charge in [-0.25, -0.2) is 4.98 Å². The van der Waals surface area contributed by atoms with Crippen LogP contribution in [-0.2, 0) is 4.79 Å². The fraction of sp³-hybridized carbons (Fsp3) is 0.545. The van der Waals surface area contributed by atoms with Crippen molar-refractivity contribution in [2.75, 3.05) is 18.6 Å². The molecule has 0 spiro atoms. The van der Waals surface area contributed by atoms with Crippen LogP contribution in [0.1, 0.15) is 18.7 Å². The lowest BCUT2D eigenvalue weighted by Crippen LogP contribution is -2.32. The second kappa shape index (κ2) is 4.57. The number of hydrogen-bond acceptors (Lipinski definition) is 5. The lowest BCUT2D eigenvalue weighted by molar-refractivity contribution is -0.135. The Morgan fingerprint density at radius 2 is 2.29 bits per heavy atom. The van der Waals surface area contributed by atoms with Gasteiger partial charge in [-0.15, -0.1) is 0 Å². The van der Waals surface area contributed by atoms with Gasteiger partial charge in [-0.3, -0.25) is 4.79 Å². The topological polar surface area (TPSA) is 75.5 Å². The molecule has 0 bridgehead atoms. The van der Waals surface area contributed by atoms with Gasteiger partial charge < -0.3 is 14.7 Å². The van der Waals surface area contributed by atoms with E-state index in [9.17, 15) is 4.79 Å². The predicted octanol–water partition coefficient (Wildman–Crippen LogP) is 0.847. The van der Waals surface area contributed by atoms with Crippen LogP contribution in [0.25, 0.3) is 0 Å². The van der Waals surface area contributed by atoms with Gasteiger partial charge in [-0.1, -0.05) is 0 Å². The largest absolute Gasteiger partial charge is 0.481 e. The zero-order valence-corrected chi connectivity index (χ0v) is 9.88. The number of aromatic nitrogens is 2. The van der Waals surface area contributed by atoms with Crippen LogP contribution in [0, 0.1) is 6.92 Å². The molecule has 1 N–H and O–H groups in total. The Bertz CT molecular complexity index is 432. The summed E-state index contributed by atoms with van der Waals surface area (Å²) in [5, 5.41) is 8.90. The van der Waals surface area contributed by atoms with E-state index in [1.54, 1.807) is 17.9 Å². The summed E-state index contributed by atoms with van der Waals surface area (Å²) in [6, 6.07) is 1.96. The minimum atomic E-state index is -0.855. The molecule has 0 unspecified atom stereocenters. The first kappa shape index (κ1) is 11.6. The zero-order valence-electron chi connectivity index (χ0n) is 9.88. The normalized spacial score (nSPS) is 14.5. The lowest BCUT2D eigenvalue weighted by atomic mass is 10.4. The Kier molecular flexibility index (Phi) is 3.12. The number of ether oxygens (including phenoxy) is 1. The Morgan fingerprint density at radius 1 is 1.59 bits per heavy atom. The van der Waals surface area contributed by atoms with Crippen molar-refractivity contribution in [2.45, 2.75) is 25.8 Å². The van der Waals surface area contributed by atoms with E-state index in [0.29, 0.717) is 17.5 Å². The summed E-state index contributed by atoms with van der Waals surface area (Å²) in [5.74, 6) is 0.810. The second-order valence-electron chi connectivity index (χ2n) is 4.07. The molecule has 6 nitrogen and oxygen atoms in total. The van der Waals surface area contributed by atoms with Crippen LogP contribution in [0.15, 0.2) is 6.07 Å². The van der Waals surface area contributed by atoms with Gasteiger partial charge in [0.15, 0.2) is 0 Å². The van der Waals surface area contributed by atoms with Crippen LogP contribution in [0.4, 0.5) is 5.82 Å². The number of carboxylic acids is 1. The van der Waals surface area contributed by atoms with Crippen LogP contribution >= 0.6 is 0 Å². The van der Waals surface area contributed by atoms with Crippen molar-refractivity contribution in [1.82, 2.24) is 9.97 Å². The van der Waals surface area contributed by atoms with Crippen molar-refractivity contribution in [3.8, 4) is 5.88 Å². The number of methoxy groups -OCH3 is 1. The van der Waals surface area contributed by atoms with Crippen LogP contribution < -0.4 is 9.64 Å². The number of nitrogens with zero attached hydrogens (tertiary/aromatic N) is 3. The fourth-order valence-electron chi connectivity index (χ4n) is 1.71. The zero-order chi connectivity index (χ0) is 12.4. The molecule has 0 atom stereocenters. The van der Waals surface area contributed by atoms with Gasteiger partial charge in [-0.2, -0.15) is 4.98 Å². The Hall–Kier alpha value is -1.85. The van der Waals surface area contributed by atoms with E-state index in [4.69, 9.17) is 9.84 Å². The Morgan fingerprint density at radius 3 is 2.82 bits per heavy atom. The maximum absolute atomic E-state index is 10.8. The van der Waals surface area contributed by atoms with E-state index in [1.807, 2.05) is 0 Å². The molecule has 6 heteroatoms. The first-order valence-corrected chi connectivity index (χ1v) is 5.48. The van der Waals surface area contributed by atoms with Crippen molar-refractivity contribution in [1.29, 1.82) is 0 Å². The molecule has 1 aliphatic carbocycles. The van der Waals surface area contributed by atoms with E-state index in [1.165, 1.54) is 7.11 Å². The molecular formula is C11H15N3O3. The number of aliphatic carboxylic acids is 1. The molecule has 1 saturated carbocycles. The van der Waals surface area contributed by atoms with Crippen LogP contribution in [-0.4, -0.2) is 40.7 Å². The lowest BCUT2D eigenvalue weighted by Gasteiger charge is -2.21. The van der Waals surface area contributed by atoms with Gasteiger partial charge in [0.2, 0.25) is 5.88 Å². The average Bonchev–Trinajstić information content (AvgIpc) is 3.08. The quantitative estimate of drug-likeness (QED) is 0.818. The highest BCUT2D eigenvalue weighted by molar-refractivity contribution is 5.73. The molecule has 1 aromatic rings. The number of rotatable bonds is 5. The van der Waals surface area contributed by atoms with Gasteiger partial charge >= 0.3 is 5.97 Å². The summed E-state index contributed by atoms with van der Waals surface area (Å²) in [5.41, 5.74) is 0. The third-order valence-corrected chi connectivity index (χ3v) is 2.60. The molecule has 0 amide bonds. The predicted molar refractivity (Wildman–Crippen MR) is 61.3 cm³/mol. The second-order valence-corrected chi connectivity index (χ2v) is 4.07. The highest BCUT2D eigenvalue weighted by atomic mass is 16.5. The molecule has 92 valence electrons. The molecule has 0 aliphatic heterocycles. The molecular weight excluding hydrogens is 222 g/mol. The summed E-state index contributed by atoms with van der Waals surface area (Å²) in [6.07, 6.45) is 2.03. The van der Waals surface area contributed by atoms with Gasteiger partial charge in [0.1, 0.15) is 18.2 Å². The van der Waals surface area contributed by atoms with Gasteiger partial charge in [0, 0.05) is 12.1 Å². The van der Waals surface area contributed by atoms with Crippen molar-refractivity contribution in [2.24, 2.45) is 0 Å². The van der Waals surface area contributed by atoms with Gasteiger partial charge in [0.25, 0.3) is 0 Å². The highest BCUT2D eigenvalue weighted by Gasteiger charge is 2.31. The average molecular weight is 237 g/mol. The first-order chi connectivity index (χ1) is 8.10. The summed E-state index contributed by atoms with van der Waals surface area (Å²) in [6.45, 7) is 1.72. The standard InChI is InChI=1S/C11H15N3O3/c1-7-12-9(5-10(13-7)17-2)14(6-11(15)16)8-3-4-8/h5,8H,3-4,6H2,1-2H3,(H,15,16). The molecule has 1 fully saturated rings. The summed E-state index contributed by atoms with van der Waals surface area (Å²) in [4.78, 5) is 21.0. The molecule has 2 rings (SSSR count). The number of anilines is 1. The molecule has 1 aliphatic rings. The maximum atomic E-state index is 10.8. The smallest absolute Gasteiger partial charge is 0.323 e. The van der Waals surface area contributed by atoms with Crippen LogP contribution in [0.5, 0.6) is 5.88 Å². The maximum Gasteiger partial charge on any atom is 0.323 e. The third-order valence-electron chi connectivity index (χ3n) is 2.60. The molecule has 0 saturated heterocycles. The van der Waals surface area contributed by atoms with Crippen molar-refractivity contribution >= 4 is 11.8 Å². The van der Waals surface area contributed by atoms with E-state index in [-0.39, 0.29) is 12.6 Å². The Labute approximate surface area is 99.2 Å². The number of hydrogen-bond donors (Lipinski definition) is 1. The van der Waals surface area contributed by atoms with Crippen molar-refractivity contribution < 1.29 is 14.6 Å². The van der Waals surface area contributed by atoms with Crippen LogP contribution in [0.3, 0.4) is 0 Å². The number of carbonyl (C=O) groups is 1. The fourth-order valence-corrected chi connectivity index (χ4v) is 1.71. The van der Waals surface area contributed by atoms with Crippen molar-refractivity contribution in [3.63, 3.8) is 0 Å². The summed E-state index contributed by atoms with van der Waals surface area (Å²) >= 11 is 0. The van der Waals surface area contributed by atoms with E-state index in [2.05, 4.69) is 9.97 Å². The number of aryl methyl sites for hydroxylation is 1. The van der Waals surface area contributed by atoms with Crippen molar-refractivity contribution in [3.05, 3.63) is 11.9 Å². The molecule has 17 heavy (non-hydrogen) atoms. The minimum absolute atomic E-state index is 0.0374. The van der Waals surface area contributed by atoms with E-state index >= 15 is 0 Å². The molecule has 0 aromatic carbocycles. The Balaban J connectivity index is 2.28. The van der Waals surface area contributed by atoms with Crippen LogP contribution in [0.2, 0.25) is 0 Å². The molecule has 1 heterocycles. The van der Waals surface area contributed by atoms with E-state index in [0.717, 1.165) is 12.8 Å². The molecule has 0 radical (unpaired) electrons. The first-order valence-electron chi connectivity index (χ1n) is 5.48. The monoisotopic (exact) mass is 237 g/mol. The van der Waals surface area contributed by atoms with E-state index < -0.39 is 5.97 Å². The minimum Gasteiger partial charge on any atom is -0.481 e. The molecule has 1 aromatic heterocycles. The SMILES string of the molecule is COc1cc(N(CC(=O)O)C2CC2)nc(C)n1. The summed E-state index contributed by atoms with van der Waals surface area (Å²) < 4.78 is 5.07. The van der Waals surface area contributed by atoms with Gasteiger partial charge in [-0.05, 0) is 19.8 Å². The third kappa shape index (κ3) is 2.83. The summed E-state index contributed by atoms with van der Waals surface area (Å²) in [7, 11) is 1.53. The highest BCUT2D eigenvalue weighted by Crippen LogP contribution is 2.31.